The predicted molar refractivity (Wildman–Crippen MR) is 129 cm³/mol. The summed E-state index contributed by atoms with van der Waals surface area (Å²) in [7, 11) is -1.95. The van der Waals surface area contributed by atoms with Crippen LogP contribution in [0.5, 0.6) is 0 Å². The number of anilines is 2. The first-order valence-electron chi connectivity index (χ1n) is 11.0. The maximum atomic E-state index is 12.8. The lowest BCUT2D eigenvalue weighted by Crippen LogP contribution is -2.44. The lowest BCUT2D eigenvalue weighted by molar-refractivity contribution is -0.192. The fourth-order valence-corrected chi connectivity index (χ4v) is 3.87. The average Bonchev–Trinajstić information content (AvgIpc) is 2.78. The molecule has 2 rings (SSSR count). The zero-order chi connectivity index (χ0) is 27.7. The number of carbonyl (C=O) groups is 3. The van der Waals surface area contributed by atoms with Gasteiger partial charge in [-0.3, -0.25) is 14.3 Å². The summed E-state index contributed by atoms with van der Waals surface area (Å²) in [6, 6.07) is 4.97. The van der Waals surface area contributed by atoms with Crippen molar-refractivity contribution in [1.29, 1.82) is 0 Å². The maximum Gasteiger partial charge on any atom is 0.490 e. The number of aliphatic carboxylic acids is 1. The quantitative estimate of drug-likeness (QED) is 0.446. The van der Waals surface area contributed by atoms with Crippen LogP contribution >= 0.6 is 0 Å². The van der Waals surface area contributed by atoms with Crippen molar-refractivity contribution < 1.29 is 41.1 Å². The molecule has 0 aromatic heterocycles. The molecule has 0 radical (unpaired) electrons. The van der Waals surface area contributed by atoms with E-state index in [-0.39, 0.29) is 18.4 Å². The Morgan fingerprint density at radius 3 is 2.11 bits per heavy atom. The number of carboxylic acids is 1. The fraction of sp³-hybridized carbons (Fsp3) is 0.571. The zero-order valence-corrected chi connectivity index (χ0v) is 21.4. The molecule has 0 spiro atoms. The Hall–Kier alpha value is -3.07. The molecule has 1 saturated heterocycles. The van der Waals surface area contributed by atoms with E-state index >= 15 is 0 Å². The number of amides is 2. The molecule has 1 aliphatic rings. The molecule has 1 heterocycles. The molecule has 3 N–H and O–H groups in total. The lowest BCUT2D eigenvalue weighted by Gasteiger charge is -2.31. The third-order valence-electron chi connectivity index (χ3n) is 5.07. The van der Waals surface area contributed by atoms with Gasteiger partial charge >= 0.3 is 12.1 Å². The number of carboxylic acid groups (broad SMARTS) is 1. The van der Waals surface area contributed by atoms with E-state index in [2.05, 4.69) is 14.9 Å². The molecule has 204 valence electrons. The Morgan fingerprint density at radius 2 is 1.67 bits per heavy atom. The van der Waals surface area contributed by atoms with E-state index < -0.39 is 22.2 Å². The van der Waals surface area contributed by atoms with Gasteiger partial charge in [-0.2, -0.15) is 13.2 Å². The van der Waals surface area contributed by atoms with Gasteiger partial charge < -0.3 is 25.1 Å². The minimum absolute atomic E-state index is 0.0328. The van der Waals surface area contributed by atoms with Crippen LogP contribution in [0.2, 0.25) is 0 Å². The van der Waals surface area contributed by atoms with Gasteiger partial charge in [0.2, 0.25) is 15.9 Å². The number of hydrogen-bond donors (Lipinski definition) is 3. The van der Waals surface area contributed by atoms with Crippen molar-refractivity contribution in [2.45, 2.75) is 20.0 Å². The second kappa shape index (κ2) is 13.3. The highest BCUT2D eigenvalue weighted by atomic mass is 32.2. The Balaban J connectivity index is 0.000000809. The van der Waals surface area contributed by atoms with Crippen LogP contribution in [0, 0.1) is 0 Å². The number of nitrogens with one attached hydrogen (secondary N) is 2. The maximum absolute atomic E-state index is 12.8. The molecular formula is C21H32F3N5O6S. The van der Waals surface area contributed by atoms with E-state index in [9.17, 15) is 31.2 Å². The molecule has 0 aliphatic carbocycles. The molecule has 11 nitrogen and oxygen atoms in total. The smallest absolute Gasteiger partial charge is 0.475 e. The second-order valence-electron chi connectivity index (χ2n) is 7.87. The third kappa shape index (κ3) is 9.89. The number of alkyl halides is 3. The number of hydrogen-bond acceptors (Lipinski definition) is 7. The summed E-state index contributed by atoms with van der Waals surface area (Å²) in [4.78, 5) is 39.1. The second-order valence-corrected chi connectivity index (χ2v) is 9.62. The highest BCUT2D eigenvalue weighted by molar-refractivity contribution is 7.92. The van der Waals surface area contributed by atoms with Crippen molar-refractivity contribution in [3.8, 4) is 0 Å². The molecule has 1 aromatic rings. The van der Waals surface area contributed by atoms with Crippen LogP contribution in [-0.4, -0.2) is 106 Å². The first-order chi connectivity index (χ1) is 16.6. The van der Waals surface area contributed by atoms with Gasteiger partial charge in [-0.15, -0.1) is 0 Å². The van der Waals surface area contributed by atoms with Gasteiger partial charge in [0.25, 0.3) is 5.91 Å². The van der Waals surface area contributed by atoms with Crippen LogP contribution in [0.15, 0.2) is 18.2 Å². The number of likely N-dealkylation sites (N-methyl/N-ethyl adjacent to an activating group) is 2. The first-order valence-corrected chi connectivity index (χ1v) is 12.9. The summed E-state index contributed by atoms with van der Waals surface area (Å²) < 4.78 is 58.0. The molecule has 0 saturated carbocycles. The summed E-state index contributed by atoms with van der Waals surface area (Å²) in [6.45, 7) is 7.99. The highest BCUT2D eigenvalue weighted by Crippen LogP contribution is 2.29. The van der Waals surface area contributed by atoms with Crippen LogP contribution in [0.4, 0.5) is 24.5 Å². The van der Waals surface area contributed by atoms with Crippen molar-refractivity contribution >= 4 is 39.2 Å². The lowest BCUT2D eigenvalue weighted by atomic mass is 10.1. The SMILES string of the molecule is CCN(CC)C(=O)CN(C)C(=O)c1ccc(N2CCNCC2)c(NS(C)(=O)=O)c1.O=C(O)C(F)(F)F. The Bertz CT molecular complexity index is 1030. The number of benzene rings is 1. The average molecular weight is 540 g/mol. The van der Waals surface area contributed by atoms with Crippen molar-refractivity contribution in [3.63, 3.8) is 0 Å². The Labute approximate surface area is 208 Å². The van der Waals surface area contributed by atoms with Gasteiger partial charge in [0.1, 0.15) is 0 Å². The van der Waals surface area contributed by atoms with Crippen molar-refractivity contribution in [2.24, 2.45) is 0 Å². The zero-order valence-electron chi connectivity index (χ0n) is 20.6. The normalized spacial score (nSPS) is 13.8. The number of sulfonamides is 1. The van der Waals surface area contributed by atoms with Crippen LogP contribution < -0.4 is 14.9 Å². The van der Waals surface area contributed by atoms with Gasteiger partial charge in [0.05, 0.1) is 24.2 Å². The Kier molecular flexibility index (Phi) is 11.4. The molecule has 0 unspecified atom stereocenters. The van der Waals surface area contributed by atoms with Crippen LogP contribution in [0.1, 0.15) is 24.2 Å². The molecular weight excluding hydrogens is 507 g/mol. The predicted octanol–water partition coefficient (Wildman–Crippen LogP) is 1.04. The van der Waals surface area contributed by atoms with Gasteiger partial charge in [-0.1, -0.05) is 0 Å². The van der Waals surface area contributed by atoms with E-state index in [4.69, 9.17) is 9.90 Å². The van der Waals surface area contributed by atoms with E-state index in [1.807, 2.05) is 13.8 Å². The standard InChI is InChI=1S/C19H31N5O4S.C2HF3O2/c1-5-23(6-2)18(25)14-22(3)19(26)15-7-8-17(24-11-9-20-10-12-24)16(13-15)21-29(4,27)28;3-2(4,5)1(6)7/h7-8,13,20-21H,5-6,9-12,14H2,1-4H3;(H,6,7). The monoisotopic (exact) mass is 539 g/mol. The fourth-order valence-electron chi connectivity index (χ4n) is 3.30. The topological polar surface area (TPSA) is 139 Å². The molecule has 0 atom stereocenters. The minimum atomic E-state index is -5.08. The third-order valence-corrected chi connectivity index (χ3v) is 5.67. The van der Waals surface area contributed by atoms with E-state index in [0.29, 0.717) is 24.3 Å². The van der Waals surface area contributed by atoms with Gasteiger partial charge in [-0.25, -0.2) is 13.2 Å². The number of piperazine rings is 1. The summed E-state index contributed by atoms with van der Waals surface area (Å²) >= 11 is 0. The van der Waals surface area contributed by atoms with Crippen molar-refractivity contribution in [3.05, 3.63) is 23.8 Å². The van der Waals surface area contributed by atoms with Gasteiger partial charge in [0, 0.05) is 51.9 Å². The van der Waals surface area contributed by atoms with Crippen LogP contribution in [-0.2, 0) is 19.6 Å². The molecule has 36 heavy (non-hydrogen) atoms. The largest absolute Gasteiger partial charge is 0.490 e. The van der Waals surface area contributed by atoms with Crippen molar-refractivity contribution in [2.75, 3.05) is 68.7 Å². The van der Waals surface area contributed by atoms with Gasteiger partial charge in [0.15, 0.2) is 0 Å². The molecule has 15 heteroatoms. The summed E-state index contributed by atoms with van der Waals surface area (Å²) in [6.07, 6.45) is -4.00. The molecule has 0 bridgehead atoms. The molecule has 1 aliphatic heterocycles. The van der Waals surface area contributed by atoms with Gasteiger partial charge in [-0.05, 0) is 32.0 Å². The first kappa shape index (κ1) is 31.0. The van der Waals surface area contributed by atoms with E-state index in [1.54, 1.807) is 30.1 Å². The Morgan fingerprint density at radius 1 is 1.14 bits per heavy atom. The molecule has 2 amide bonds. The minimum Gasteiger partial charge on any atom is -0.475 e. The van der Waals surface area contributed by atoms with E-state index in [0.717, 1.165) is 38.1 Å². The molecule has 1 fully saturated rings. The number of nitrogens with zero attached hydrogens (tertiary/aromatic N) is 3. The van der Waals surface area contributed by atoms with E-state index in [1.165, 1.54) is 4.90 Å². The number of rotatable bonds is 8. The molecule has 1 aromatic carbocycles. The van der Waals surface area contributed by atoms with Crippen molar-refractivity contribution in [1.82, 2.24) is 15.1 Å². The highest BCUT2D eigenvalue weighted by Gasteiger charge is 2.38. The number of carbonyl (C=O) groups excluding carboxylic acids is 2. The summed E-state index contributed by atoms with van der Waals surface area (Å²) in [5.74, 6) is -3.22. The number of halogens is 3. The van der Waals surface area contributed by atoms with Crippen LogP contribution in [0.3, 0.4) is 0 Å². The summed E-state index contributed by atoms with van der Waals surface area (Å²) in [5, 5.41) is 10.4. The van der Waals surface area contributed by atoms with Crippen LogP contribution in [0.25, 0.3) is 0 Å². The summed E-state index contributed by atoms with van der Waals surface area (Å²) in [5.41, 5.74) is 1.42.